The first kappa shape index (κ1) is 18.2. The van der Waals surface area contributed by atoms with Gasteiger partial charge in [-0.25, -0.2) is 13.2 Å². The molecule has 0 bridgehead atoms. The fraction of sp³-hybridized carbons (Fsp3) is 0.409. The first-order chi connectivity index (χ1) is 15.3. The molecule has 2 atom stereocenters. The highest BCUT2D eigenvalue weighted by Gasteiger charge is 2.44. The summed E-state index contributed by atoms with van der Waals surface area (Å²) in [5, 5.41) is 21.4. The van der Waals surface area contributed by atoms with E-state index in [2.05, 4.69) is 0 Å². The SMILES string of the molecule is [2H]C([2H])([2H])N(C)C[C@@H]1CN(C(=O)Cc2cc(F)c(F)cc2F)CC[C@@]1(O)c1cccc(O)c1. The average molecular weight is 425 g/mol. The molecule has 0 aliphatic carbocycles. The van der Waals surface area contributed by atoms with Crippen LogP contribution in [0.25, 0.3) is 0 Å². The van der Waals surface area contributed by atoms with Gasteiger partial charge in [0.2, 0.25) is 5.91 Å². The van der Waals surface area contributed by atoms with E-state index in [1.807, 2.05) is 0 Å². The number of nitrogens with zero attached hydrogens (tertiary/aromatic N) is 2. The number of hydrogen-bond donors (Lipinski definition) is 2. The summed E-state index contributed by atoms with van der Waals surface area (Å²) in [6.45, 7) is -2.55. The van der Waals surface area contributed by atoms with E-state index in [1.165, 1.54) is 24.1 Å². The van der Waals surface area contributed by atoms with Gasteiger partial charge in [-0.3, -0.25) is 4.79 Å². The molecule has 2 N–H and O–H groups in total. The molecule has 3 rings (SSSR count). The van der Waals surface area contributed by atoms with Gasteiger partial charge in [-0.1, -0.05) is 12.1 Å². The van der Waals surface area contributed by atoms with Gasteiger partial charge in [0, 0.05) is 41.3 Å². The second-order valence-electron chi connectivity index (χ2n) is 7.68. The average Bonchev–Trinajstić information content (AvgIpc) is 2.72. The summed E-state index contributed by atoms with van der Waals surface area (Å²) in [7, 11) is 1.37. The number of amides is 1. The van der Waals surface area contributed by atoms with Crippen molar-refractivity contribution in [2.75, 3.05) is 33.7 Å². The van der Waals surface area contributed by atoms with E-state index >= 15 is 0 Å². The van der Waals surface area contributed by atoms with E-state index in [-0.39, 0.29) is 37.4 Å². The minimum atomic E-state index is -2.44. The molecule has 1 heterocycles. The van der Waals surface area contributed by atoms with Crippen LogP contribution in [0.4, 0.5) is 13.2 Å². The number of aliphatic hydroxyl groups is 1. The van der Waals surface area contributed by atoms with Gasteiger partial charge in [-0.2, -0.15) is 0 Å². The summed E-state index contributed by atoms with van der Waals surface area (Å²) in [5.41, 5.74) is -1.46. The maximum absolute atomic E-state index is 14.0. The summed E-state index contributed by atoms with van der Waals surface area (Å²) in [6.07, 6.45) is -0.489. The van der Waals surface area contributed by atoms with Gasteiger partial charge < -0.3 is 20.0 Å². The lowest BCUT2D eigenvalue weighted by atomic mass is 9.75. The zero-order valence-electron chi connectivity index (χ0n) is 19.4. The predicted octanol–water partition coefficient (Wildman–Crippen LogP) is 2.65. The van der Waals surface area contributed by atoms with E-state index in [1.54, 1.807) is 12.1 Å². The second kappa shape index (κ2) is 8.65. The maximum Gasteiger partial charge on any atom is 0.227 e. The topological polar surface area (TPSA) is 64.0 Å². The zero-order chi connectivity index (χ0) is 24.6. The van der Waals surface area contributed by atoms with Crippen LogP contribution in [0.2, 0.25) is 0 Å². The van der Waals surface area contributed by atoms with Crippen molar-refractivity contribution in [3.8, 4) is 5.75 Å². The molecule has 2 aromatic carbocycles. The number of piperidine rings is 1. The van der Waals surface area contributed by atoms with Crippen molar-refractivity contribution < 1.29 is 32.3 Å². The summed E-state index contributed by atoms with van der Waals surface area (Å²) in [6, 6.07) is 6.99. The highest BCUT2D eigenvalue weighted by Crippen LogP contribution is 2.39. The first-order valence-electron chi connectivity index (χ1n) is 11.0. The van der Waals surface area contributed by atoms with Crippen molar-refractivity contribution in [3.05, 3.63) is 65.0 Å². The predicted molar refractivity (Wildman–Crippen MR) is 105 cm³/mol. The van der Waals surface area contributed by atoms with Gasteiger partial charge >= 0.3 is 0 Å². The molecule has 0 unspecified atom stereocenters. The van der Waals surface area contributed by atoms with Crippen molar-refractivity contribution in [3.63, 3.8) is 0 Å². The van der Waals surface area contributed by atoms with E-state index in [4.69, 9.17) is 4.11 Å². The number of carbonyl (C=O) groups is 1. The third-order valence-electron chi connectivity index (χ3n) is 5.50. The minimum absolute atomic E-state index is 0.0297. The quantitative estimate of drug-likeness (QED) is 0.723. The third-order valence-corrected chi connectivity index (χ3v) is 5.50. The Morgan fingerprint density at radius 2 is 2.00 bits per heavy atom. The minimum Gasteiger partial charge on any atom is -0.508 e. The number of aromatic hydroxyl groups is 1. The fourth-order valence-corrected chi connectivity index (χ4v) is 3.91. The monoisotopic (exact) mass is 425 g/mol. The third kappa shape index (κ3) is 4.60. The van der Waals surface area contributed by atoms with Crippen LogP contribution in [0, 0.1) is 23.4 Å². The van der Waals surface area contributed by atoms with E-state index in [0.717, 1.165) is 4.90 Å². The molecule has 0 spiro atoms. The molecular formula is C22H25F3N2O3. The van der Waals surface area contributed by atoms with Gasteiger partial charge in [0.05, 0.1) is 12.0 Å². The van der Waals surface area contributed by atoms with Gasteiger partial charge in [0.15, 0.2) is 11.6 Å². The standard InChI is InChI=1S/C22H25F3N2O3/c1-26(2)12-16-13-27(7-6-22(16,30)15-4-3-5-17(28)10-15)21(29)9-14-8-19(24)20(25)11-18(14)23/h3-5,8,10-11,16,28,30H,6-7,9,12-13H2,1-2H3/t16-,22-/m1/s1/i1D3. The highest BCUT2D eigenvalue weighted by atomic mass is 19.2. The first-order valence-corrected chi connectivity index (χ1v) is 9.45. The number of rotatable bonds is 5. The normalized spacial score (nSPS) is 23.7. The van der Waals surface area contributed by atoms with Crippen LogP contribution in [-0.2, 0) is 16.8 Å². The summed E-state index contributed by atoms with van der Waals surface area (Å²) in [4.78, 5) is 15.3. The number of hydrogen-bond acceptors (Lipinski definition) is 4. The zero-order valence-corrected chi connectivity index (χ0v) is 16.4. The van der Waals surface area contributed by atoms with Gasteiger partial charge in [-0.05, 0) is 44.2 Å². The van der Waals surface area contributed by atoms with Crippen LogP contribution in [0.3, 0.4) is 0 Å². The summed E-state index contributed by atoms with van der Waals surface area (Å²) >= 11 is 0. The van der Waals surface area contributed by atoms with Crippen LogP contribution in [0.5, 0.6) is 5.75 Å². The Labute approximate surface area is 177 Å². The van der Waals surface area contributed by atoms with Gasteiger partial charge in [0.25, 0.3) is 0 Å². The van der Waals surface area contributed by atoms with Crippen molar-refractivity contribution in [2.24, 2.45) is 5.92 Å². The van der Waals surface area contributed by atoms with Gasteiger partial charge in [0.1, 0.15) is 11.6 Å². The molecule has 1 aliphatic heterocycles. The number of carbonyl (C=O) groups excluding carboxylic acids is 1. The molecule has 1 amide bonds. The lowest BCUT2D eigenvalue weighted by Crippen LogP contribution is -2.54. The van der Waals surface area contributed by atoms with E-state index < -0.39 is 48.3 Å². The van der Waals surface area contributed by atoms with E-state index in [9.17, 15) is 28.2 Å². The number of halogens is 3. The number of phenolic OH excluding ortho intramolecular Hbond substituents is 1. The summed E-state index contributed by atoms with van der Waals surface area (Å²) in [5.74, 6) is -5.08. The smallest absolute Gasteiger partial charge is 0.227 e. The fourth-order valence-electron chi connectivity index (χ4n) is 3.91. The lowest BCUT2D eigenvalue weighted by Gasteiger charge is -2.46. The Morgan fingerprint density at radius 3 is 2.70 bits per heavy atom. The van der Waals surface area contributed by atoms with Crippen LogP contribution >= 0.6 is 0 Å². The Morgan fingerprint density at radius 1 is 1.27 bits per heavy atom. The molecule has 162 valence electrons. The Kier molecular flexibility index (Phi) is 5.25. The van der Waals surface area contributed by atoms with Crippen LogP contribution in [0.15, 0.2) is 36.4 Å². The largest absolute Gasteiger partial charge is 0.508 e. The molecular weight excluding hydrogens is 397 g/mol. The number of phenols is 1. The van der Waals surface area contributed by atoms with Crippen LogP contribution in [0.1, 0.15) is 21.7 Å². The Hall–Kier alpha value is -2.58. The van der Waals surface area contributed by atoms with Crippen molar-refractivity contribution in [1.82, 2.24) is 9.80 Å². The molecule has 1 fully saturated rings. The molecule has 2 aromatic rings. The highest BCUT2D eigenvalue weighted by molar-refractivity contribution is 5.79. The lowest BCUT2D eigenvalue weighted by molar-refractivity contribution is -0.141. The molecule has 5 nitrogen and oxygen atoms in total. The Balaban J connectivity index is 1.86. The van der Waals surface area contributed by atoms with Crippen LogP contribution in [-0.4, -0.2) is 59.6 Å². The van der Waals surface area contributed by atoms with Gasteiger partial charge in [-0.15, -0.1) is 0 Å². The maximum atomic E-state index is 14.0. The molecule has 8 heteroatoms. The second-order valence-corrected chi connectivity index (χ2v) is 7.68. The van der Waals surface area contributed by atoms with Crippen molar-refractivity contribution in [1.29, 1.82) is 0 Å². The summed E-state index contributed by atoms with van der Waals surface area (Å²) < 4.78 is 63.6. The molecule has 0 aromatic heterocycles. The number of benzene rings is 2. The molecule has 1 saturated heterocycles. The molecule has 30 heavy (non-hydrogen) atoms. The van der Waals surface area contributed by atoms with E-state index in [0.29, 0.717) is 17.7 Å². The van der Waals surface area contributed by atoms with Crippen LogP contribution < -0.4 is 0 Å². The Bertz CT molecular complexity index is 1040. The van der Waals surface area contributed by atoms with Crippen molar-refractivity contribution >= 4 is 5.91 Å². The molecule has 0 saturated carbocycles. The molecule has 1 aliphatic rings. The molecule has 0 radical (unpaired) electrons. The number of likely N-dealkylation sites (tertiary alicyclic amines) is 1. The van der Waals surface area contributed by atoms with Crippen molar-refractivity contribution in [2.45, 2.75) is 18.4 Å².